The molecule has 0 atom stereocenters. The van der Waals surface area contributed by atoms with E-state index in [-0.39, 0.29) is 15.8 Å². The van der Waals surface area contributed by atoms with Crippen molar-refractivity contribution >= 4 is 50.2 Å². The van der Waals surface area contributed by atoms with Crippen LogP contribution in [0.15, 0.2) is 53.0 Å². The van der Waals surface area contributed by atoms with E-state index in [0.717, 1.165) is 36.1 Å². The van der Waals surface area contributed by atoms with Crippen LogP contribution >= 0.6 is 22.9 Å². The van der Waals surface area contributed by atoms with Gasteiger partial charge in [-0.05, 0) is 42.0 Å². The highest BCUT2D eigenvalue weighted by molar-refractivity contribution is 7.90. The summed E-state index contributed by atoms with van der Waals surface area (Å²) in [6, 6.07) is 8.42. The van der Waals surface area contributed by atoms with E-state index >= 15 is 0 Å². The zero-order chi connectivity index (χ0) is 22.7. The van der Waals surface area contributed by atoms with Crippen molar-refractivity contribution in [2.24, 2.45) is 5.92 Å². The van der Waals surface area contributed by atoms with Crippen LogP contribution in [0.3, 0.4) is 0 Å². The van der Waals surface area contributed by atoms with E-state index in [2.05, 4.69) is 9.97 Å². The smallest absolute Gasteiger partial charge is 0.232 e. The number of anilines is 2. The standard InChI is InChI=1S/C23H24ClN3O3S2/c1-32(29,30)21-10-9-17(13-18(21)24)27(23(28)11-8-16-5-2-3-6-16)22-15-25-19(14-26-22)20-7-4-12-31-20/h4,7,9-10,12-16H,2-3,5-6,8,11H2,1H3. The van der Waals surface area contributed by atoms with Gasteiger partial charge in [-0.2, -0.15) is 0 Å². The molecule has 0 N–H and O–H groups in total. The van der Waals surface area contributed by atoms with Crippen LogP contribution in [-0.2, 0) is 14.6 Å². The molecule has 0 radical (unpaired) electrons. The van der Waals surface area contributed by atoms with Crippen LogP contribution in [-0.4, -0.2) is 30.5 Å². The molecule has 9 heteroatoms. The molecule has 2 heterocycles. The van der Waals surface area contributed by atoms with Crippen LogP contribution in [0.25, 0.3) is 10.6 Å². The quantitative estimate of drug-likeness (QED) is 0.413. The fourth-order valence-electron chi connectivity index (χ4n) is 4.06. The molecule has 1 aromatic carbocycles. The third-order valence-corrected chi connectivity index (χ3v) is 8.18. The van der Waals surface area contributed by atoms with Crippen LogP contribution in [0.5, 0.6) is 0 Å². The van der Waals surface area contributed by atoms with E-state index in [9.17, 15) is 13.2 Å². The summed E-state index contributed by atoms with van der Waals surface area (Å²) in [6.07, 6.45) is 10.3. The lowest BCUT2D eigenvalue weighted by molar-refractivity contribution is -0.118. The van der Waals surface area contributed by atoms with Crippen molar-refractivity contribution < 1.29 is 13.2 Å². The first-order valence-electron chi connectivity index (χ1n) is 10.5. The molecule has 1 fully saturated rings. The lowest BCUT2D eigenvalue weighted by Crippen LogP contribution is -2.27. The molecule has 0 spiro atoms. The molecule has 0 aliphatic heterocycles. The highest BCUT2D eigenvalue weighted by Gasteiger charge is 2.24. The van der Waals surface area contributed by atoms with Gasteiger partial charge in [-0.1, -0.05) is 43.4 Å². The number of nitrogens with zero attached hydrogens (tertiary/aromatic N) is 3. The molecular weight excluding hydrogens is 466 g/mol. The average molecular weight is 490 g/mol. The summed E-state index contributed by atoms with van der Waals surface area (Å²) < 4.78 is 23.9. The fraction of sp³-hybridized carbons (Fsp3) is 0.348. The minimum absolute atomic E-state index is 0.0281. The predicted molar refractivity (Wildman–Crippen MR) is 128 cm³/mol. The Morgan fingerprint density at radius 2 is 1.97 bits per heavy atom. The second-order valence-electron chi connectivity index (χ2n) is 8.04. The highest BCUT2D eigenvalue weighted by Crippen LogP contribution is 2.33. The Hall–Kier alpha value is -2.29. The first-order valence-corrected chi connectivity index (χ1v) is 13.7. The number of rotatable bonds is 7. The van der Waals surface area contributed by atoms with Gasteiger partial charge in [-0.3, -0.25) is 9.69 Å². The fourth-order valence-corrected chi connectivity index (χ4v) is 6.07. The molecule has 0 bridgehead atoms. The van der Waals surface area contributed by atoms with Crippen LogP contribution in [0.2, 0.25) is 5.02 Å². The Morgan fingerprint density at radius 3 is 2.56 bits per heavy atom. The van der Waals surface area contributed by atoms with Crippen LogP contribution < -0.4 is 4.90 Å². The Kier molecular flexibility index (Phi) is 6.93. The monoisotopic (exact) mass is 489 g/mol. The van der Waals surface area contributed by atoms with Crippen molar-refractivity contribution in [3.8, 4) is 10.6 Å². The SMILES string of the molecule is CS(=O)(=O)c1ccc(N(C(=O)CCC2CCCC2)c2cnc(-c3cccs3)cn2)cc1Cl. The maximum atomic E-state index is 13.3. The Bertz CT molecular complexity index is 1190. The number of hydrogen-bond donors (Lipinski definition) is 0. The van der Waals surface area contributed by atoms with Crippen molar-refractivity contribution in [1.82, 2.24) is 9.97 Å². The second kappa shape index (κ2) is 9.68. The molecular formula is C23H24ClN3O3S2. The van der Waals surface area contributed by atoms with Crippen LogP contribution in [0.1, 0.15) is 38.5 Å². The molecule has 32 heavy (non-hydrogen) atoms. The zero-order valence-electron chi connectivity index (χ0n) is 17.7. The number of amides is 1. The minimum atomic E-state index is -3.48. The second-order valence-corrected chi connectivity index (χ2v) is 11.4. The van der Waals surface area contributed by atoms with Gasteiger partial charge in [0.15, 0.2) is 15.7 Å². The number of aromatic nitrogens is 2. The number of carbonyl (C=O) groups excluding carboxylic acids is 1. The first kappa shape index (κ1) is 22.9. The van der Waals surface area contributed by atoms with Crippen molar-refractivity contribution in [3.63, 3.8) is 0 Å². The molecule has 3 aromatic rings. The number of sulfone groups is 1. The summed E-state index contributed by atoms with van der Waals surface area (Å²) in [5.41, 5.74) is 1.20. The van der Waals surface area contributed by atoms with E-state index in [0.29, 0.717) is 23.8 Å². The van der Waals surface area contributed by atoms with E-state index in [1.165, 1.54) is 29.9 Å². The molecule has 0 saturated heterocycles. The van der Waals surface area contributed by atoms with Crippen LogP contribution in [0, 0.1) is 5.92 Å². The molecule has 1 aliphatic carbocycles. The molecule has 1 aliphatic rings. The lowest BCUT2D eigenvalue weighted by atomic mass is 10.0. The number of benzene rings is 1. The van der Waals surface area contributed by atoms with Crippen molar-refractivity contribution in [2.75, 3.05) is 11.2 Å². The largest absolute Gasteiger partial charge is 0.274 e. The molecule has 0 unspecified atom stereocenters. The summed E-state index contributed by atoms with van der Waals surface area (Å²) in [5.74, 6) is 0.840. The van der Waals surface area contributed by atoms with Gasteiger partial charge in [0.25, 0.3) is 0 Å². The average Bonchev–Trinajstić information content (AvgIpc) is 3.46. The summed E-state index contributed by atoms with van der Waals surface area (Å²) in [7, 11) is -3.48. The maximum absolute atomic E-state index is 13.3. The number of thiophene rings is 1. The van der Waals surface area contributed by atoms with E-state index in [4.69, 9.17) is 11.6 Å². The van der Waals surface area contributed by atoms with Crippen molar-refractivity contribution in [2.45, 2.75) is 43.4 Å². The van der Waals surface area contributed by atoms with E-state index < -0.39 is 9.84 Å². The molecule has 2 aromatic heterocycles. The summed E-state index contributed by atoms with van der Waals surface area (Å²) >= 11 is 7.84. The Balaban J connectivity index is 1.66. The first-order chi connectivity index (χ1) is 15.3. The topological polar surface area (TPSA) is 80.2 Å². The van der Waals surface area contributed by atoms with Gasteiger partial charge in [-0.15, -0.1) is 11.3 Å². The van der Waals surface area contributed by atoms with Gasteiger partial charge < -0.3 is 0 Å². The van der Waals surface area contributed by atoms with Crippen LogP contribution in [0.4, 0.5) is 11.5 Å². The highest BCUT2D eigenvalue weighted by atomic mass is 35.5. The number of carbonyl (C=O) groups is 1. The molecule has 1 amide bonds. The van der Waals surface area contributed by atoms with Gasteiger partial charge in [0.2, 0.25) is 5.91 Å². The van der Waals surface area contributed by atoms with Gasteiger partial charge >= 0.3 is 0 Å². The normalized spacial score (nSPS) is 14.6. The third kappa shape index (κ3) is 5.19. The van der Waals surface area contributed by atoms with Gasteiger partial charge in [-0.25, -0.2) is 18.4 Å². The minimum Gasteiger partial charge on any atom is -0.274 e. The molecule has 6 nitrogen and oxygen atoms in total. The predicted octanol–water partition coefficient (Wildman–Crippen LogP) is 5.90. The summed E-state index contributed by atoms with van der Waals surface area (Å²) in [4.78, 5) is 24.8. The van der Waals surface area contributed by atoms with E-state index in [1.54, 1.807) is 29.8 Å². The van der Waals surface area contributed by atoms with Gasteiger partial charge in [0.1, 0.15) is 0 Å². The molecule has 1 saturated carbocycles. The third-order valence-electron chi connectivity index (χ3n) is 5.70. The van der Waals surface area contributed by atoms with Gasteiger partial charge in [0.05, 0.1) is 38.6 Å². The van der Waals surface area contributed by atoms with Crippen molar-refractivity contribution in [1.29, 1.82) is 0 Å². The van der Waals surface area contributed by atoms with E-state index in [1.807, 2.05) is 17.5 Å². The lowest BCUT2D eigenvalue weighted by Gasteiger charge is -2.23. The Morgan fingerprint density at radius 1 is 1.19 bits per heavy atom. The maximum Gasteiger partial charge on any atom is 0.232 e. The summed E-state index contributed by atoms with van der Waals surface area (Å²) in [5, 5.41) is 2.04. The Labute approximate surface area is 197 Å². The van der Waals surface area contributed by atoms with Gasteiger partial charge in [0, 0.05) is 12.7 Å². The summed E-state index contributed by atoms with van der Waals surface area (Å²) in [6.45, 7) is 0. The molecule has 168 valence electrons. The molecule has 4 rings (SSSR count). The number of halogens is 1. The number of hydrogen-bond acceptors (Lipinski definition) is 6. The van der Waals surface area contributed by atoms with Crippen molar-refractivity contribution in [3.05, 3.63) is 53.1 Å². The zero-order valence-corrected chi connectivity index (χ0v) is 20.1.